The van der Waals surface area contributed by atoms with E-state index in [-0.39, 0.29) is 5.63 Å². The fourth-order valence-electron chi connectivity index (χ4n) is 4.25. The van der Waals surface area contributed by atoms with E-state index >= 15 is 0 Å². The second-order valence-electron chi connectivity index (χ2n) is 8.15. The molecule has 29 heavy (non-hydrogen) atoms. The van der Waals surface area contributed by atoms with Crippen molar-refractivity contribution in [3.05, 3.63) is 64.6 Å². The summed E-state index contributed by atoms with van der Waals surface area (Å²) in [7, 11) is 0. The van der Waals surface area contributed by atoms with Crippen LogP contribution in [0.3, 0.4) is 0 Å². The summed E-state index contributed by atoms with van der Waals surface area (Å²) in [4.78, 5) is 15.1. The van der Waals surface area contributed by atoms with Gasteiger partial charge >= 0.3 is 5.63 Å². The van der Waals surface area contributed by atoms with Crippen LogP contribution in [0.25, 0.3) is 27.7 Å². The molecule has 148 valence electrons. The Hall–Kier alpha value is -3.12. The van der Waals surface area contributed by atoms with Crippen LogP contribution in [0.5, 0.6) is 0 Å². The van der Waals surface area contributed by atoms with Crippen LogP contribution in [-0.4, -0.2) is 34.8 Å². The maximum absolute atomic E-state index is 12.7. The van der Waals surface area contributed by atoms with Crippen molar-refractivity contribution in [2.45, 2.75) is 32.9 Å². The van der Waals surface area contributed by atoms with Crippen molar-refractivity contribution >= 4 is 22.2 Å². The van der Waals surface area contributed by atoms with Gasteiger partial charge in [-0.25, -0.2) is 9.31 Å². The van der Waals surface area contributed by atoms with Gasteiger partial charge < -0.3 is 14.6 Å². The molecule has 1 aliphatic heterocycles. The van der Waals surface area contributed by atoms with Crippen LogP contribution in [0.4, 0.5) is 5.69 Å². The van der Waals surface area contributed by atoms with Gasteiger partial charge in [-0.2, -0.15) is 5.10 Å². The Morgan fingerprint density at radius 3 is 2.66 bits per heavy atom. The fourth-order valence-corrected chi connectivity index (χ4v) is 4.25. The molecule has 6 nitrogen and oxygen atoms in total. The van der Waals surface area contributed by atoms with Crippen LogP contribution in [0.1, 0.15) is 19.4 Å². The molecule has 0 aliphatic carbocycles. The van der Waals surface area contributed by atoms with E-state index in [1.54, 1.807) is 4.52 Å². The molecule has 0 bridgehead atoms. The van der Waals surface area contributed by atoms with Crippen molar-refractivity contribution in [1.82, 2.24) is 14.9 Å². The van der Waals surface area contributed by atoms with Crippen molar-refractivity contribution in [2.24, 2.45) is 0 Å². The average Bonchev–Trinajstić information content (AvgIpc) is 3.09. The summed E-state index contributed by atoms with van der Waals surface area (Å²) in [6.07, 6.45) is 1.90. The molecule has 0 saturated carbocycles. The Morgan fingerprint density at radius 1 is 1.07 bits per heavy atom. The zero-order valence-electron chi connectivity index (χ0n) is 16.8. The second-order valence-corrected chi connectivity index (χ2v) is 8.15. The summed E-state index contributed by atoms with van der Waals surface area (Å²) >= 11 is 0. The van der Waals surface area contributed by atoms with Gasteiger partial charge in [0.25, 0.3) is 0 Å². The van der Waals surface area contributed by atoms with Gasteiger partial charge in [0.05, 0.1) is 11.1 Å². The van der Waals surface area contributed by atoms with E-state index < -0.39 is 0 Å². The minimum Gasteiger partial charge on any atom is -0.422 e. The number of fused-ring (bicyclic) bond motifs is 2. The SMILES string of the molecule is Cc1ccn2nc(-c3cc4ccc(N5C[C@@H](C)N[C@@H](C)C5)cc4oc3=O)cc2c1. The number of hydrogen-bond donors (Lipinski definition) is 1. The number of benzene rings is 1. The van der Waals surface area contributed by atoms with Crippen molar-refractivity contribution in [2.75, 3.05) is 18.0 Å². The molecule has 0 spiro atoms. The van der Waals surface area contributed by atoms with Crippen LogP contribution in [0.15, 0.2) is 57.9 Å². The highest BCUT2D eigenvalue weighted by molar-refractivity contribution is 5.84. The smallest absolute Gasteiger partial charge is 0.345 e. The van der Waals surface area contributed by atoms with E-state index in [9.17, 15) is 4.79 Å². The summed E-state index contributed by atoms with van der Waals surface area (Å²) in [5.41, 5.74) is 4.54. The number of aryl methyl sites for hydroxylation is 1. The molecule has 0 radical (unpaired) electrons. The van der Waals surface area contributed by atoms with Gasteiger partial charge in [0, 0.05) is 48.5 Å². The van der Waals surface area contributed by atoms with E-state index in [1.165, 1.54) is 0 Å². The standard InChI is InChI=1S/C23H24N4O2/c1-14-6-7-27-19(8-14)10-21(25-27)20-9-17-4-5-18(11-22(17)29-23(20)28)26-12-15(2)24-16(3)13-26/h4-11,15-16,24H,12-13H2,1-3H3/t15-,16+. The molecule has 5 rings (SSSR count). The number of aromatic nitrogens is 2. The van der Waals surface area contributed by atoms with Crippen LogP contribution < -0.4 is 15.8 Å². The molecular formula is C23H24N4O2. The molecule has 0 unspecified atom stereocenters. The lowest BCUT2D eigenvalue weighted by Gasteiger charge is -2.37. The van der Waals surface area contributed by atoms with Gasteiger partial charge in [-0.3, -0.25) is 0 Å². The predicted octanol–water partition coefficient (Wildman–Crippen LogP) is 3.60. The van der Waals surface area contributed by atoms with Gasteiger partial charge in [-0.15, -0.1) is 0 Å². The molecule has 4 aromatic rings. The van der Waals surface area contributed by atoms with E-state index in [1.807, 2.05) is 49.5 Å². The minimum atomic E-state index is -0.364. The topological polar surface area (TPSA) is 62.8 Å². The van der Waals surface area contributed by atoms with Crippen LogP contribution in [-0.2, 0) is 0 Å². The zero-order chi connectivity index (χ0) is 20.1. The van der Waals surface area contributed by atoms with Crippen LogP contribution in [0.2, 0.25) is 0 Å². The van der Waals surface area contributed by atoms with Gasteiger partial charge in [-0.05, 0) is 62.7 Å². The number of piperazine rings is 1. The van der Waals surface area contributed by atoms with E-state index in [0.29, 0.717) is 28.9 Å². The molecule has 3 aromatic heterocycles. The Labute approximate surface area is 168 Å². The van der Waals surface area contributed by atoms with Gasteiger partial charge in [0.15, 0.2) is 0 Å². The van der Waals surface area contributed by atoms with Crippen molar-refractivity contribution < 1.29 is 4.42 Å². The van der Waals surface area contributed by atoms with E-state index in [4.69, 9.17) is 4.42 Å². The van der Waals surface area contributed by atoms with Gasteiger partial charge in [0.2, 0.25) is 0 Å². The summed E-state index contributed by atoms with van der Waals surface area (Å²) in [6.45, 7) is 8.27. The lowest BCUT2D eigenvalue weighted by atomic mass is 10.1. The number of rotatable bonds is 2. The first kappa shape index (κ1) is 17.9. The molecule has 1 N–H and O–H groups in total. The first-order valence-electron chi connectivity index (χ1n) is 10.0. The van der Waals surface area contributed by atoms with Crippen LogP contribution >= 0.6 is 0 Å². The maximum Gasteiger partial charge on any atom is 0.345 e. The molecule has 1 aromatic carbocycles. The molecule has 1 fully saturated rings. The Bertz CT molecular complexity index is 1260. The van der Waals surface area contributed by atoms with E-state index in [0.717, 1.165) is 35.2 Å². The largest absolute Gasteiger partial charge is 0.422 e. The molecular weight excluding hydrogens is 364 g/mol. The number of nitrogens with zero attached hydrogens (tertiary/aromatic N) is 3. The third-order valence-electron chi connectivity index (χ3n) is 5.54. The molecule has 1 aliphatic rings. The van der Waals surface area contributed by atoms with E-state index in [2.05, 4.69) is 35.2 Å². The highest BCUT2D eigenvalue weighted by Crippen LogP contribution is 2.26. The minimum absolute atomic E-state index is 0.364. The molecule has 1 saturated heterocycles. The lowest BCUT2D eigenvalue weighted by Crippen LogP contribution is -2.54. The lowest BCUT2D eigenvalue weighted by molar-refractivity contribution is 0.407. The fraction of sp³-hybridized carbons (Fsp3) is 0.304. The Balaban J connectivity index is 1.55. The highest BCUT2D eigenvalue weighted by Gasteiger charge is 2.21. The maximum atomic E-state index is 12.7. The van der Waals surface area contributed by atoms with Crippen LogP contribution in [0, 0.1) is 6.92 Å². The Morgan fingerprint density at radius 2 is 1.86 bits per heavy atom. The number of anilines is 1. The molecule has 2 atom stereocenters. The third-order valence-corrected chi connectivity index (χ3v) is 5.54. The highest BCUT2D eigenvalue weighted by atomic mass is 16.4. The first-order chi connectivity index (χ1) is 14.0. The number of nitrogens with one attached hydrogen (secondary N) is 1. The van der Waals surface area contributed by atoms with Gasteiger partial charge in [0.1, 0.15) is 11.3 Å². The average molecular weight is 388 g/mol. The number of hydrogen-bond acceptors (Lipinski definition) is 5. The molecule has 0 amide bonds. The van der Waals surface area contributed by atoms with Gasteiger partial charge in [-0.1, -0.05) is 0 Å². The van der Waals surface area contributed by atoms with Crippen molar-refractivity contribution in [3.63, 3.8) is 0 Å². The van der Waals surface area contributed by atoms with Crippen molar-refractivity contribution in [1.29, 1.82) is 0 Å². The molecule has 4 heterocycles. The monoisotopic (exact) mass is 388 g/mol. The zero-order valence-corrected chi connectivity index (χ0v) is 16.8. The predicted molar refractivity (Wildman–Crippen MR) is 116 cm³/mol. The summed E-state index contributed by atoms with van der Waals surface area (Å²) in [5, 5.41) is 8.98. The quantitative estimate of drug-likeness (QED) is 0.532. The summed E-state index contributed by atoms with van der Waals surface area (Å²) < 4.78 is 7.48. The van der Waals surface area contributed by atoms with Crippen molar-refractivity contribution in [3.8, 4) is 11.3 Å². The first-order valence-corrected chi connectivity index (χ1v) is 10.0. The second kappa shape index (κ2) is 6.74. The normalized spacial score (nSPS) is 19.9. The number of pyridine rings is 1. The third kappa shape index (κ3) is 3.29. The summed E-state index contributed by atoms with van der Waals surface area (Å²) in [5.74, 6) is 0. The molecule has 6 heteroatoms. The Kier molecular flexibility index (Phi) is 4.17. The summed E-state index contributed by atoms with van der Waals surface area (Å²) in [6, 6.07) is 14.8.